The first-order valence-electron chi connectivity index (χ1n) is 6.03. The zero-order valence-corrected chi connectivity index (χ0v) is 11.3. The number of carboxylic acids is 1. The normalized spacial score (nSPS) is 12.5. The van der Waals surface area contributed by atoms with Gasteiger partial charge in [0.2, 0.25) is 5.91 Å². The first-order chi connectivity index (χ1) is 7.88. The first-order valence-corrected chi connectivity index (χ1v) is 6.03. The Morgan fingerprint density at radius 1 is 1.29 bits per heavy atom. The number of aliphatic carboxylic acids is 1. The third-order valence-electron chi connectivity index (χ3n) is 2.69. The van der Waals surface area contributed by atoms with Gasteiger partial charge in [-0.15, -0.1) is 0 Å². The number of amides is 1. The Morgan fingerprint density at radius 2 is 1.88 bits per heavy atom. The molecular formula is C12H24N2O3. The van der Waals surface area contributed by atoms with Crippen molar-refractivity contribution in [2.45, 2.75) is 26.7 Å². The van der Waals surface area contributed by atoms with Crippen molar-refractivity contribution in [2.24, 2.45) is 5.92 Å². The number of carboxylic acid groups (broad SMARTS) is 1. The summed E-state index contributed by atoms with van der Waals surface area (Å²) in [4.78, 5) is 25.9. The maximum Gasteiger partial charge on any atom is 0.307 e. The molecule has 0 radical (unpaired) electrons. The smallest absolute Gasteiger partial charge is 0.307 e. The van der Waals surface area contributed by atoms with E-state index in [-0.39, 0.29) is 12.5 Å². The molecule has 0 aliphatic rings. The van der Waals surface area contributed by atoms with E-state index in [2.05, 4.69) is 6.92 Å². The molecule has 1 amide bonds. The first kappa shape index (κ1) is 15.9. The van der Waals surface area contributed by atoms with E-state index in [9.17, 15) is 9.59 Å². The molecule has 0 spiro atoms. The van der Waals surface area contributed by atoms with E-state index in [0.29, 0.717) is 6.54 Å². The van der Waals surface area contributed by atoms with Crippen LogP contribution in [0.1, 0.15) is 26.7 Å². The minimum atomic E-state index is -0.830. The van der Waals surface area contributed by atoms with E-state index in [1.165, 1.54) is 0 Å². The van der Waals surface area contributed by atoms with E-state index in [1.54, 1.807) is 30.8 Å². The van der Waals surface area contributed by atoms with E-state index in [1.807, 2.05) is 0 Å². The third kappa shape index (κ3) is 6.94. The van der Waals surface area contributed by atoms with E-state index >= 15 is 0 Å². The average molecular weight is 244 g/mol. The standard InChI is InChI=1S/C12H24N2O3/c1-5-6-7-14(4)11(15)9-13(3)8-10(2)12(16)17/h10H,5-9H2,1-4H3,(H,16,17). The van der Waals surface area contributed by atoms with Gasteiger partial charge in [-0.25, -0.2) is 0 Å². The third-order valence-corrected chi connectivity index (χ3v) is 2.69. The average Bonchev–Trinajstić information content (AvgIpc) is 2.25. The van der Waals surface area contributed by atoms with Gasteiger partial charge >= 0.3 is 5.97 Å². The summed E-state index contributed by atoms with van der Waals surface area (Å²) in [5.41, 5.74) is 0. The topological polar surface area (TPSA) is 60.9 Å². The molecule has 0 aliphatic heterocycles. The molecule has 1 unspecified atom stereocenters. The van der Waals surface area contributed by atoms with Crippen molar-refractivity contribution in [1.29, 1.82) is 0 Å². The predicted octanol–water partition coefficient (Wildman–Crippen LogP) is 0.897. The molecule has 0 fully saturated rings. The van der Waals surface area contributed by atoms with Crippen LogP contribution in [0.5, 0.6) is 0 Å². The summed E-state index contributed by atoms with van der Waals surface area (Å²) in [7, 11) is 3.55. The minimum absolute atomic E-state index is 0.0403. The quantitative estimate of drug-likeness (QED) is 0.689. The number of hydrogen-bond acceptors (Lipinski definition) is 3. The Kier molecular flexibility index (Phi) is 7.54. The van der Waals surface area contributed by atoms with E-state index < -0.39 is 11.9 Å². The van der Waals surface area contributed by atoms with Crippen LogP contribution in [0.3, 0.4) is 0 Å². The molecular weight excluding hydrogens is 220 g/mol. The molecule has 1 N–H and O–H groups in total. The number of rotatable bonds is 8. The summed E-state index contributed by atoms with van der Waals surface area (Å²) in [6, 6.07) is 0. The number of unbranched alkanes of at least 4 members (excludes halogenated alkanes) is 1. The Balaban J connectivity index is 3.98. The molecule has 5 heteroatoms. The largest absolute Gasteiger partial charge is 0.481 e. The molecule has 0 aliphatic carbocycles. The van der Waals surface area contributed by atoms with Gasteiger partial charge in [-0.05, 0) is 13.5 Å². The van der Waals surface area contributed by atoms with Crippen molar-refractivity contribution in [3.05, 3.63) is 0 Å². The molecule has 0 bridgehead atoms. The Morgan fingerprint density at radius 3 is 2.35 bits per heavy atom. The highest BCUT2D eigenvalue weighted by atomic mass is 16.4. The van der Waals surface area contributed by atoms with Gasteiger partial charge in [0.05, 0.1) is 12.5 Å². The summed E-state index contributed by atoms with van der Waals surface area (Å²) in [6.45, 7) is 5.15. The lowest BCUT2D eigenvalue weighted by atomic mass is 10.2. The second-order valence-electron chi connectivity index (χ2n) is 4.60. The van der Waals surface area contributed by atoms with E-state index in [0.717, 1.165) is 19.4 Å². The van der Waals surface area contributed by atoms with Gasteiger partial charge in [-0.2, -0.15) is 0 Å². The van der Waals surface area contributed by atoms with Crippen molar-refractivity contribution >= 4 is 11.9 Å². The molecule has 0 saturated carbocycles. The molecule has 0 aromatic heterocycles. The summed E-state index contributed by atoms with van der Waals surface area (Å²) < 4.78 is 0. The van der Waals surface area contributed by atoms with E-state index in [4.69, 9.17) is 5.11 Å². The number of nitrogens with zero attached hydrogens (tertiary/aromatic N) is 2. The van der Waals surface area contributed by atoms with Crippen molar-refractivity contribution in [3.63, 3.8) is 0 Å². The summed E-state index contributed by atoms with van der Waals surface area (Å²) in [6.07, 6.45) is 2.06. The molecule has 100 valence electrons. The van der Waals surface area contributed by atoms with Crippen LogP contribution in [0.4, 0.5) is 0 Å². The van der Waals surface area contributed by atoms with Crippen molar-refractivity contribution in [3.8, 4) is 0 Å². The lowest BCUT2D eigenvalue weighted by molar-refractivity contribution is -0.142. The Bertz CT molecular complexity index is 256. The van der Waals surface area contributed by atoms with Gasteiger partial charge in [0, 0.05) is 20.1 Å². The van der Waals surface area contributed by atoms with Gasteiger partial charge in [0.25, 0.3) is 0 Å². The van der Waals surface area contributed by atoms with Crippen LogP contribution in [0.15, 0.2) is 0 Å². The van der Waals surface area contributed by atoms with Crippen LogP contribution < -0.4 is 0 Å². The van der Waals surface area contributed by atoms with Crippen LogP contribution in [-0.4, -0.2) is 60.5 Å². The number of carbonyl (C=O) groups is 2. The van der Waals surface area contributed by atoms with Gasteiger partial charge < -0.3 is 10.0 Å². The summed E-state index contributed by atoms with van der Waals surface area (Å²) in [5.74, 6) is -1.24. The second-order valence-corrected chi connectivity index (χ2v) is 4.60. The van der Waals surface area contributed by atoms with Crippen molar-refractivity contribution in [2.75, 3.05) is 33.7 Å². The highest BCUT2D eigenvalue weighted by Crippen LogP contribution is 1.99. The molecule has 5 nitrogen and oxygen atoms in total. The zero-order valence-electron chi connectivity index (χ0n) is 11.3. The molecule has 17 heavy (non-hydrogen) atoms. The SMILES string of the molecule is CCCCN(C)C(=O)CN(C)CC(C)C(=O)O. The van der Waals surface area contributed by atoms with Gasteiger partial charge in [0.1, 0.15) is 0 Å². The zero-order chi connectivity index (χ0) is 13.4. The lowest BCUT2D eigenvalue weighted by Gasteiger charge is -2.22. The van der Waals surface area contributed by atoms with Crippen LogP contribution in [0.25, 0.3) is 0 Å². The maximum absolute atomic E-state index is 11.7. The fraction of sp³-hybridized carbons (Fsp3) is 0.833. The van der Waals surface area contributed by atoms with Crippen LogP contribution in [0.2, 0.25) is 0 Å². The van der Waals surface area contributed by atoms with Crippen LogP contribution in [-0.2, 0) is 9.59 Å². The van der Waals surface area contributed by atoms with Gasteiger partial charge in [-0.3, -0.25) is 14.5 Å². The molecule has 0 aromatic rings. The fourth-order valence-electron chi connectivity index (χ4n) is 1.48. The van der Waals surface area contributed by atoms with Gasteiger partial charge in [0.15, 0.2) is 0 Å². The van der Waals surface area contributed by atoms with Crippen molar-refractivity contribution in [1.82, 2.24) is 9.80 Å². The van der Waals surface area contributed by atoms with Crippen molar-refractivity contribution < 1.29 is 14.7 Å². The molecule has 0 rings (SSSR count). The monoisotopic (exact) mass is 244 g/mol. The predicted molar refractivity (Wildman–Crippen MR) is 66.8 cm³/mol. The molecule has 0 aromatic carbocycles. The van der Waals surface area contributed by atoms with Crippen LogP contribution in [0, 0.1) is 5.92 Å². The molecule has 0 saturated heterocycles. The summed E-state index contributed by atoms with van der Waals surface area (Å²) in [5, 5.41) is 8.77. The Hall–Kier alpha value is -1.10. The minimum Gasteiger partial charge on any atom is -0.481 e. The maximum atomic E-state index is 11.7. The summed E-state index contributed by atoms with van der Waals surface area (Å²) >= 11 is 0. The van der Waals surface area contributed by atoms with Crippen LogP contribution >= 0.6 is 0 Å². The molecule has 0 heterocycles. The lowest BCUT2D eigenvalue weighted by Crippen LogP contribution is -2.39. The number of likely N-dealkylation sites (N-methyl/N-ethyl adjacent to an activating group) is 2. The number of hydrogen-bond donors (Lipinski definition) is 1. The second kappa shape index (κ2) is 8.06. The highest BCUT2D eigenvalue weighted by Gasteiger charge is 2.16. The Labute approximate surface area is 103 Å². The highest BCUT2D eigenvalue weighted by molar-refractivity contribution is 5.78. The molecule has 1 atom stereocenters. The fourth-order valence-corrected chi connectivity index (χ4v) is 1.48. The number of carbonyl (C=O) groups excluding carboxylic acids is 1. The van der Waals surface area contributed by atoms with Gasteiger partial charge in [-0.1, -0.05) is 20.3 Å².